The Bertz CT molecular complexity index is 506. The topological polar surface area (TPSA) is 33.4 Å². The van der Waals surface area contributed by atoms with E-state index in [0.29, 0.717) is 0 Å². The minimum Gasteiger partial charge on any atom is -0.352 e. The summed E-state index contributed by atoms with van der Waals surface area (Å²) in [6.45, 7) is 2.10. The molecular weight excluding hydrogens is 288 g/mol. The van der Waals surface area contributed by atoms with Crippen LogP contribution < -0.4 is 4.90 Å². The molecule has 0 atom stereocenters. The van der Waals surface area contributed by atoms with Gasteiger partial charge < -0.3 is 9.30 Å². The number of aromatic nitrogens is 3. The maximum absolute atomic E-state index is 4.55. The second-order valence-electron chi connectivity index (χ2n) is 3.64. The number of nitrogens with zero attached hydrogens (tertiary/aromatic N) is 4. The van der Waals surface area contributed by atoms with Crippen molar-refractivity contribution in [2.75, 3.05) is 29.5 Å². The van der Waals surface area contributed by atoms with Crippen LogP contribution in [0.15, 0.2) is 23.2 Å². The average molecular weight is 299 g/mol. The highest BCUT2D eigenvalue weighted by Crippen LogP contribution is 2.23. The Morgan fingerprint density at radius 2 is 2.12 bits per heavy atom. The molecule has 0 bridgehead atoms. The molecule has 1 aliphatic rings. The van der Waals surface area contributed by atoms with Gasteiger partial charge in [-0.3, -0.25) is 0 Å². The summed E-state index contributed by atoms with van der Waals surface area (Å²) in [5, 5.41) is 0. The molecule has 0 saturated carbocycles. The van der Waals surface area contributed by atoms with Crippen molar-refractivity contribution in [3.8, 4) is 0 Å². The fourth-order valence-corrected chi connectivity index (χ4v) is 3.16. The molecule has 6 heteroatoms. The van der Waals surface area contributed by atoms with Crippen molar-refractivity contribution in [3.05, 3.63) is 23.2 Å². The fraction of sp³-hybridized carbons (Fsp3) is 0.400. The number of rotatable bonds is 1. The SMILES string of the molecule is Brc1cn2ccnc2c(N2CCSCC2)n1. The van der Waals surface area contributed by atoms with Gasteiger partial charge in [-0.05, 0) is 15.9 Å². The van der Waals surface area contributed by atoms with Gasteiger partial charge in [-0.25, -0.2) is 9.97 Å². The molecule has 4 nitrogen and oxygen atoms in total. The second kappa shape index (κ2) is 4.25. The molecule has 2 aromatic heterocycles. The van der Waals surface area contributed by atoms with Crippen molar-refractivity contribution in [1.29, 1.82) is 0 Å². The molecule has 0 unspecified atom stereocenters. The van der Waals surface area contributed by atoms with E-state index in [-0.39, 0.29) is 0 Å². The average Bonchev–Trinajstić information content (AvgIpc) is 2.77. The molecule has 0 radical (unpaired) electrons. The van der Waals surface area contributed by atoms with Gasteiger partial charge in [-0.1, -0.05) is 0 Å². The Hall–Kier alpha value is -0.750. The Morgan fingerprint density at radius 1 is 1.31 bits per heavy atom. The van der Waals surface area contributed by atoms with Gasteiger partial charge in [0, 0.05) is 43.2 Å². The summed E-state index contributed by atoms with van der Waals surface area (Å²) in [7, 11) is 0. The van der Waals surface area contributed by atoms with Crippen LogP contribution in [0.3, 0.4) is 0 Å². The monoisotopic (exact) mass is 298 g/mol. The molecule has 2 aromatic rings. The van der Waals surface area contributed by atoms with E-state index >= 15 is 0 Å². The van der Waals surface area contributed by atoms with Gasteiger partial charge in [-0.15, -0.1) is 0 Å². The molecular formula is C10H11BrN4S. The highest BCUT2D eigenvalue weighted by atomic mass is 79.9. The van der Waals surface area contributed by atoms with Crippen molar-refractivity contribution < 1.29 is 0 Å². The van der Waals surface area contributed by atoms with E-state index in [1.165, 1.54) is 11.5 Å². The third-order valence-corrected chi connectivity index (χ3v) is 3.96. The van der Waals surface area contributed by atoms with E-state index in [1.807, 2.05) is 34.8 Å². The van der Waals surface area contributed by atoms with Gasteiger partial charge in [0.05, 0.1) is 0 Å². The van der Waals surface area contributed by atoms with E-state index in [4.69, 9.17) is 0 Å². The molecule has 16 heavy (non-hydrogen) atoms. The quantitative estimate of drug-likeness (QED) is 0.807. The van der Waals surface area contributed by atoms with Crippen LogP contribution in [0.2, 0.25) is 0 Å². The summed E-state index contributed by atoms with van der Waals surface area (Å²) >= 11 is 5.44. The van der Waals surface area contributed by atoms with Crippen molar-refractivity contribution >= 4 is 39.2 Å². The maximum Gasteiger partial charge on any atom is 0.180 e. The van der Waals surface area contributed by atoms with Crippen LogP contribution >= 0.6 is 27.7 Å². The largest absolute Gasteiger partial charge is 0.352 e. The van der Waals surface area contributed by atoms with Crippen LogP contribution in [-0.2, 0) is 0 Å². The minimum atomic E-state index is 0.853. The zero-order valence-corrected chi connectivity index (χ0v) is 11.0. The third kappa shape index (κ3) is 1.80. The summed E-state index contributed by atoms with van der Waals surface area (Å²) in [5.41, 5.74) is 0.940. The summed E-state index contributed by atoms with van der Waals surface area (Å²) in [5.74, 6) is 3.32. The molecule has 1 aliphatic heterocycles. The van der Waals surface area contributed by atoms with Crippen molar-refractivity contribution in [1.82, 2.24) is 14.4 Å². The third-order valence-electron chi connectivity index (χ3n) is 2.64. The number of imidazole rings is 1. The molecule has 3 heterocycles. The lowest BCUT2D eigenvalue weighted by Gasteiger charge is -2.27. The molecule has 3 rings (SSSR count). The van der Waals surface area contributed by atoms with Gasteiger partial charge in [-0.2, -0.15) is 11.8 Å². The van der Waals surface area contributed by atoms with E-state index in [1.54, 1.807) is 0 Å². The lowest BCUT2D eigenvalue weighted by Crippen LogP contribution is -2.33. The molecule has 0 aromatic carbocycles. The normalized spacial score (nSPS) is 16.9. The first-order valence-corrected chi connectivity index (χ1v) is 7.11. The van der Waals surface area contributed by atoms with Crippen molar-refractivity contribution in [2.24, 2.45) is 0 Å². The van der Waals surface area contributed by atoms with E-state index in [9.17, 15) is 0 Å². The van der Waals surface area contributed by atoms with Crippen LogP contribution in [0.4, 0.5) is 5.82 Å². The first kappa shape index (κ1) is 10.4. The first-order chi connectivity index (χ1) is 7.84. The first-order valence-electron chi connectivity index (χ1n) is 5.16. The van der Waals surface area contributed by atoms with Crippen LogP contribution in [0, 0.1) is 0 Å². The Morgan fingerprint density at radius 3 is 2.94 bits per heavy atom. The zero-order valence-electron chi connectivity index (χ0n) is 8.64. The molecule has 0 spiro atoms. The highest BCUT2D eigenvalue weighted by molar-refractivity contribution is 9.10. The van der Waals surface area contributed by atoms with Crippen LogP contribution in [0.25, 0.3) is 5.65 Å². The van der Waals surface area contributed by atoms with Crippen LogP contribution in [0.1, 0.15) is 0 Å². The van der Waals surface area contributed by atoms with Crippen LogP contribution in [0.5, 0.6) is 0 Å². The van der Waals surface area contributed by atoms with Crippen molar-refractivity contribution in [2.45, 2.75) is 0 Å². The molecule has 1 saturated heterocycles. The van der Waals surface area contributed by atoms with Gasteiger partial charge in [0.2, 0.25) is 0 Å². The van der Waals surface area contributed by atoms with E-state index < -0.39 is 0 Å². The van der Waals surface area contributed by atoms with E-state index in [2.05, 4.69) is 30.8 Å². The predicted octanol–water partition coefficient (Wildman–Crippen LogP) is 2.04. The molecule has 0 amide bonds. The lowest BCUT2D eigenvalue weighted by atomic mass is 10.4. The van der Waals surface area contributed by atoms with Crippen LogP contribution in [-0.4, -0.2) is 39.0 Å². The summed E-state index contributed by atoms with van der Waals surface area (Å²) in [6.07, 6.45) is 5.69. The number of hydrogen-bond donors (Lipinski definition) is 0. The summed E-state index contributed by atoms with van der Waals surface area (Å²) in [6, 6.07) is 0. The smallest absolute Gasteiger partial charge is 0.180 e. The van der Waals surface area contributed by atoms with Gasteiger partial charge in [0.15, 0.2) is 11.5 Å². The molecule has 0 aliphatic carbocycles. The summed E-state index contributed by atoms with van der Waals surface area (Å²) in [4.78, 5) is 11.2. The standard InChI is InChI=1S/C10H11BrN4S/c11-8-7-15-2-1-12-9(15)10(13-8)14-3-5-16-6-4-14/h1-2,7H,3-6H2. The maximum atomic E-state index is 4.55. The molecule has 84 valence electrons. The second-order valence-corrected chi connectivity index (χ2v) is 5.68. The van der Waals surface area contributed by atoms with Gasteiger partial charge >= 0.3 is 0 Å². The molecule has 0 N–H and O–H groups in total. The minimum absolute atomic E-state index is 0.853. The predicted molar refractivity (Wildman–Crippen MR) is 70.2 cm³/mol. The Balaban J connectivity index is 2.09. The summed E-state index contributed by atoms with van der Waals surface area (Å²) < 4.78 is 2.86. The number of anilines is 1. The fourth-order valence-electron chi connectivity index (χ4n) is 1.87. The molecule has 1 fully saturated rings. The Kier molecular flexibility index (Phi) is 2.77. The zero-order chi connectivity index (χ0) is 11.0. The lowest BCUT2D eigenvalue weighted by molar-refractivity contribution is 0.833. The number of fused-ring (bicyclic) bond motifs is 1. The van der Waals surface area contributed by atoms with Gasteiger partial charge in [0.25, 0.3) is 0 Å². The number of thioether (sulfide) groups is 1. The van der Waals surface area contributed by atoms with Gasteiger partial charge in [0.1, 0.15) is 4.60 Å². The number of hydrogen-bond acceptors (Lipinski definition) is 4. The highest BCUT2D eigenvalue weighted by Gasteiger charge is 2.16. The van der Waals surface area contributed by atoms with E-state index in [0.717, 1.165) is 29.2 Å². The van der Waals surface area contributed by atoms with Crippen molar-refractivity contribution in [3.63, 3.8) is 0 Å². The number of halogens is 1. The Labute approximate surface area is 106 Å².